The number of rotatable bonds is 3. The summed E-state index contributed by atoms with van der Waals surface area (Å²) in [5.41, 5.74) is 6.49. The second-order valence-corrected chi connectivity index (χ2v) is 6.68. The number of carbonyl (C=O) groups excluding carboxylic acids is 2. The first-order chi connectivity index (χ1) is 11.6. The summed E-state index contributed by atoms with van der Waals surface area (Å²) in [4.78, 5) is 28.0. The molecule has 0 unspecified atom stereocenters. The molecule has 8 heteroatoms. The van der Waals surface area contributed by atoms with Gasteiger partial charge >= 0.3 is 0 Å². The Morgan fingerprint density at radius 2 is 2.08 bits per heavy atom. The van der Waals surface area contributed by atoms with Gasteiger partial charge in [-0.15, -0.1) is 0 Å². The molecule has 126 valence electrons. The van der Waals surface area contributed by atoms with Crippen molar-refractivity contribution in [2.45, 2.75) is 31.7 Å². The first kappa shape index (κ1) is 15.1. The number of fused-ring (bicyclic) bond motifs is 1. The smallest absolute Gasteiger partial charge is 0.270 e. The molecule has 1 spiro atoms. The number of nitrogens with zero attached hydrogens (tertiary/aromatic N) is 3. The lowest BCUT2D eigenvalue weighted by molar-refractivity contribution is -0.0435. The average molecular weight is 329 g/mol. The van der Waals surface area contributed by atoms with Crippen molar-refractivity contribution in [3.8, 4) is 0 Å². The van der Waals surface area contributed by atoms with Crippen molar-refractivity contribution in [2.75, 3.05) is 13.2 Å². The quantitative estimate of drug-likeness (QED) is 0.852. The molecule has 8 nitrogen and oxygen atoms in total. The second-order valence-electron chi connectivity index (χ2n) is 6.68. The average Bonchev–Trinajstić information content (AvgIpc) is 2.98. The summed E-state index contributed by atoms with van der Waals surface area (Å²) in [7, 11) is 0. The minimum absolute atomic E-state index is 0.171. The van der Waals surface area contributed by atoms with Crippen molar-refractivity contribution in [1.82, 2.24) is 19.9 Å². The molecule has 1 aliphatic carbocycles. The van der Waals surface area contributed by atoms with Gasteiger partial charge in [0.2, 0.25) is 0 Å². The van der Waals surface area contributed by atoms with E-state index in [0.29, 0.717) is 16.8 Å². The van der Waals surface area contributed by atoms with Crippen LogP contribution in [0.15, 0.2) is 18.5 Å². The fraction of sp³-hybridized carbons (Fsp3) is 0.500. The highest BCUT2D eigenvalue weighted by Gasteiger charge is 2.45. The number of carbonyl (C=O) groups is 2. The molecule has 0 bridgehead atoms. The van der Waals surface area contributed by atoms with Crippen molar-refractivity contribution in [2.24, 2.45) is 11.1 Å². The Bertz CT molecular complexity index is 801. The summed E-state index contributed by atoms with van der Waals surface area (Å²) in [5.74, 6) is -0.830. The zero-order valence-corrected chi connectivity index (χ0v) is 13.2. The van der Waals surface area contributed by atoms with Gasteiger partial charge in [0.1, 0.15) is 11.3 Å². The van der Waals surface area contributed by atoms with E-state index in [4.69, 9.17) is 10.5 Å². The number of hydrogen-bond donors (Lipinski definition) is 2. The molecule has 1 saturated heterocycles. The molecule has 2 aliphatic rings. The van der Waals surface area contributed by atoms with Crippen LogP contribution in [0.25, 0.3) is 5.65 Å². The maximum Gasteiger partial charge on any atom is 0.270 e. The molecular weight excluding hydrogens is 310 g/mol. The summed E-state index contributed by atoms with van der Waals surface area (Å²) < 4.78 is 6.77. The van der Waals surface area contributed by atoms with E-state index >= 15 is 0 Å². The normalized spacial score (nSPS) is 20.0. The molecule has 2 aromatic heterocycles. The maximum atomic E-state index is 12.6. The lowest BCUT2D eigenvalue weighted by atomic mass is 9.61. The number of ether oxygens (including phenoxy) is 1. The molecule has 3 N–H and O–H groups in total. The van der Waals surface area contributed by atoms with E-state index in [2.05, 4.69) is 15.4 Å². The lowest BCUT2D eigenvalue weighted by Crippen LogP contribution is -2.52. The minimum Gasteiger partial charge on any atom is -0.381 e. The fourth-order valence-corrected chi connectivity index (χ4v) is 3.80. The highest BCUT2D eigenvalue weighted by Crippen LogP contribution is 2.48. The lowest BCUT2D eigenvalue weighted by Gasteiger charge is -2.50. The standard InChI is InChI=1S/C16H19N5O3/c17-13(22)11-9-19-21-12(1-4-18-14(11)21)15(23)20-10-7-16(8-10)2-5-24-6-3-16/h1,4,9-10H,2-3,5-8H2,(H2,17,22)(H,20,23). The predicted octanol–water partition coefficient (Wildman–Crippen LogP) is 0.517. The van der Waals surface area contributed by atoms with Gasteiger partial charge in [0.25, 0.3) is 11.8 Å². The van der Waals surface area contributed by atoms with Crippen LogP contribution in [-0.2, 0) is 4.74 Å². The molecule has 4 rings (SSSR count). The molecule has 2 aromatic rings. The monoisotopic (exact) mass is 329 g/mol. The third kappa shape index (κ3) is 2.43. The van der Waals surface area contributed by atoms with E-state index in [1.807, 2.05) is 0 Å². The third-order valence-electron chi connectivity index (χ3n) is 5.15. The van der Waals surface area contributed by atoms with Crippen LogP contribution in [0.5, 0.6) is 0 Å². The summed E-state index contributed by atoms with van der Waals surface area (Å²) in [6.45, 7) is 1.63. The van der Waals surface area contributed by atoms with Crippen LogP contribution >= 0.6 is 0 Å². The Labute approximate surface area is 138 Å². The third-order valence-corrected chi connectivity index (χ3v) is 5.15. The van der Waals surface area contributed by atoms with Crippen LogP contribution in [0.1, 0.15) is 46.5 Å². The maximum absolute atomic E-state index is 12.6. The van der Waals surface area contributed by atoms with E-state index in [1.54, 1.807) is 6.07 Å². The Morgan fingerprint density at radius 3 is 2.79 bits per heavy atom. The predicted molar refractivity (Wildman–Crippen MR) is 84.5 cm³/mol. The Morgan fingerprint density at radius 1 is 1.33 bits per heavy atom. The zero-order chi connectivity index (χ0) is 16.7. The van der Waals surface area contributed by atoms with Gasteiger partial charge in [-0.3, -0.25) is 9.59 Å². The number of nitrogens with one attached hydrogen (secondary N) is 1. The molecule has 3 heterocycles. The van der Waals surface area contributed by atoms with Crippen molar-refractivity contribution in [1.29, 1.82) is 0 Å². The van der Waals surface area contributed by atoms with Crippen LogP contribution in [0.4, 0.5) is 0 Å². The van der Waals surface area contributed by atoms with Crippen molar-refractivity contribution in [3.63, 3.8) is 0 Å². The van der Waals surface area contributed by atoms with Crippen molar-refractivity contribution >= 4 is 17.5 Å². The van der Waals surface area contributed by atoms with E-state index in [0.717, 1.165) is 38.9 Å². The van der Waals surface area contributed by atoms with Crippen LogP contribution in [0.2, 0.25) is 0 Å². The van der Waals surface area contributed by atoms with Gasteiger partial charge in [-0.1, -0.05) is 0 Å². The SMILES string of the molecule is NC(=O)c1cnn2c(C(=O)NC3CC4(CCOCC4)C3)ccnc12. The van der Waals surface area contributed by atoms with E-state index in [-0.39, 0.29) is 17.5 Å². The molecular formula is C16H19N5O3. The Hall–Kier alpha value is -2.48. The molecule has 2 fully saturated rings. The molecule has 0 radical (unpaired) electrons. The molecule has 0 atom stereocenters. The largest absolute Gasteiger partial charge is 0.381 e. The fourth-order valence-electron chi connectivity index (χ4n) is 3.80. The van der Waals surface area contributed by atoms with Gasteiger partial charge in [-0.2, -0.15) is 5.10 Å². The zero-order valence-electron chi connectivity index (χ0n) is 13.2. The highest BCUT2D eigenvalue weighted by molar-refractivity contribution is 5.99. The molecule has 1 aliphatic heterocycles. The summed E-state index contributed by atoms with van der Waals surface area (Å²) in [6.07, 6.45) is 6.94. The topological polar surface area (TPSA) is 112 Å². The molecule has 1 saturated carbocycles. The summed E-state index contributed by atoms with van der Waals surface area (Å²) in [5, 5.41) is 7.12. The van der Waals surface area contributed by atoms with E-state index in [1.165, 1.54) is 16.9 Å². The van der Waals surface area contributed by atoms with Crippen molar-refractivity contribution in [3.05, 3.63) is 29.7 Å². The van der Waals surface area contributed by atoms with Crippen LogP contribution in [0, 0.1) is 5.41 Å². The summed E-state index contributed by atoms with van der Waals surface area (Å²) >= 11 is 0. The highest BCUT2D eigenvalue weighted by atomic mass is 16.5. The summed E-state index contributed by atoms with van der Waals surface area (Å²) in [6, 6.07) is 1.76. The van der Waals surface area contributed by atoms with Gasteiger partial charge in [-0.05, 0) is 37.2 Å². The van der Waals surface area contributed by atoms with Crippen LogP contribution in [0.3, 0.4) is 0 Å². The molecule has 2 amide bonds. The first-order valence-electron chi connectivity index (χ1n) is 8.09. The van der Waals surface area contributed by atoms with E-state index in [9.17, 15) is 9.59 Å². The van der Waals surface area contributed by atoms with Crippen LogP contribution in [-0.4, -0.2) is 45.7 Å². The Balaban J connectivity index is 1.49. The number of primary amides is 1. The number of aromatic nitrogens is 3. The van der Waals surface area contributed by atoms with Gasteiger partial charge in [0.15, 0.2) is 5.65 Å². The first-order valence-corrected chi connectivity index (χ1v) is 8.09. The van der Waals surface area contributed by atoms with Gasteiger partial charge < -0.3 is 15.8 Å². The number of nitrogens with two attached hydrogens (primary N) is 1. The molecule has 24 heavy (non-hydrogen) atoms. The Kier molecular flexibility index (Phi) is 3.49. The van der Waals surface area contributed by atoms with Crippen molar-refractivity contribution < 1.29 is 14.3 Å². The number of hydrogen-bond acceptors (Lipinski definition) is 5. The van der Waals surface area contributed by atoms with Gasteiger partial charge in [0, 0.05) is 25.5 Å². The van der Waals surface area contributed by atoms with Crippen LogP contribution < -0.4 is 11.1 Å². The van der Waals surface area contributed by atoms with E-state index < -0.39 is 5.91 Å². The van der Waals surface area contributed by atoms with Gasteiger partial charge in [0.05, 0.1) is 6.20 Å². The second kappa shape index (κ2) is 5.55. The minimum atomic E-state index is -0.615. The molecule has 0 aromatic carbocycles. The number of amides is 2. The van der Waals surface area contributed by atoms with Gasteiger partial charge in [-0.25, -0.2) is 9.50 Å².